The van der Waals surface area contributed by atoms with Crippen molar-refractivity contribution >= 4 is 23.7 Å². The van der Waals surface area contributed by atoms with E-state index in [0.717, 1.165) is 5.56 Å². The van der Waals surface area contributed by atoms with E-state index in [1.54, 1.807) is 55.6 Å². The highest BCUT2D eigenvalue weighted by atomic mass is 16.5. The standard InChI is InChI=1S/C22H19N3O3/c1-28-20-10-6-5-9-18(20)15-23-25-22(27)17-11-13-19(14-12-17)24-21(26)16-7-3-2-4-8-16/h2-15H,1H3,(H,24,26)(H,25,27). The molecule has 28 heavy (non-hydrogen) atoms. The Labute approximate surface area is 162 Å². The summed E-state index contributed by atoms with van der Waals surface area (Å²) in [6.07, 6.45) is 1.52. The number of methoxy groups -OCH3 is 1. The molecule has 0 saturated heterocycles. The zero-order chi connectivity index (χ0) is 19.8. The topological polar surface area (TPSA) is 79.8 Å². The summed E-state index contributed by atoms with van der Waals surface area (Å²) in [5.41, 5.74) is 4.82. The molecule has 6 nitrogen and oxygen atoms in total. The molecule has 3 aromatic carbocycles. The summed E-state index contributed by atoms with van der Waals surface area (Å²) in [4.78, 5) is 24.3. The predicted molar refractivity (Wildman–Crippen MR) is 109 cm³/mol. The van der Waals surface area contributed by atoms with Crippen LogP contribution < -0.4 is 15.5 Å². The fraction of sp³-hybridized carbons (Fsp3) is 0.0455. The van der Waals surface area contributed by atoms with Crippen LogP contribution in [-0.2, 0) is 0 Å². The van der Waals surface area contributed by atoms with Gasteiger partial charge in [0.25, 0.3) is 11.8 Å². The van der Waals surface area contributed by atoms with Crippen LogP contribution in [0.3, 0.4) is 0 Å². The van der Waals surface area contributed by atoms with Gasteiger partial charge in [-0.05, 0) is 48.5 Å². The van der Waals surface area contributed by atoms with Gasteiger partial charge in [0, 0.05) is 22.4 Å². The van der Waals surface area contributed by atoms with Crippen LogP contribution in [0.2, 0.25) is 0 Å². The van der Waals surface area contributed by atoms with Crippen LogP contribution in [0.25, 0.3) is 0 Å². The first-order chi connectivity index (χ1) is 13.7. The number of carbonyl (C=O) groups is 2. The number of hydrogen-bond donors (Lipinski definition) is 2. The lowest BCUT2D eigenvalue weighted by Gasteiger charge is -2.06. The molecule has 0 bridgehead atoms. The van der Waals surface area contributed by atoms with Crippen molar-refractivity contribution in [1.29, 1.82) is 0 Å². The molecule has 6 heteroatoms. The maximum atomic E-state index is 12.2. The van der Waals surface area contributed by atoms with E-state index in [1.165, 1.54) is 6.21 Å². The number of benzene rings is 3. The molecule has 0 atom stereocenters. The Morgan fingerprint density at radius 3 is 2.18 bits per heavy atom. The van der Waals surface area contributed by atoms with Gasteiger partial charge in [0.05, 0.1) is 13.3 Å². The summed E-state index contributed by atoms with van der Waals surface area (Å²) in [6.45, 7) is 0. The number of hydrazone groups is 1. The summed E-state index contributed by atoms with van der Waals surface area (Å²) in [6, 6.07) is 22.8. The van der Waals surface area contributed by atoms with Gasteiger partial charge in [-0.15, -0.1) is 0 Å². The van der Waals surface area contributed by atoms with Crippen molar-refractivity contribution in [3.8, 4) is 5.75 Å². The third-order valence-corrected chi connectivity index (χ3v) is 3.95. The first-order valence-electron chi connectivity index (χ1n) is 8.60. The van der Waals surface area contributed by atoms with Gasteiger partial charge in [0.2, 0.25) is 0 Å². The van der Waals surface area contributed by atoms with Gasteiger partial charge in [0.15, 0.2) is 0 Å². The van der Waals surface area contributed by atoms with Gasteiger partial charge in [-0.1, -0.05) is 30.3 Å². The van der Waals surface area contributed by atoms with E-state index in [9.17, 15) is 9.59 Å². The molecule has 0 radical (unpaired) electrons. The van der Waals surface area contributed by atoms with E-state index in [0.29, 0.717) is 22.6 Å². The third-order valence-electron chi connectivity index (χ3n) is 3.95. The number of carbonyl (C=O) groups excluding carboxylic acids is 2. The Kier molecular flexibility index (Phi) is 6.15. The second-order valence-corrected chi connectivity index (χ2v) is 5.84. The predicted octanol–water partition coefficient (Wildman–Crippen LogP) is 3.71. The van der Waals surface area contributed by atoms with Crippen molar-refractivity contribution in [2.75, 3.05) is 12.4 Å². The minimum absolute atomic E-state index is 0.209. The van der Waals surface area contributed by atoms with Crippen LogP contribution in [0.4, 0.5) is 5.69 Å². The van der Waals surface area contributed by atoms with E-state index < -0.39 is 0 Å². The molecule has 0 aliphatic rings. The number of ether oxygens (including phenoxy) is 1. The summed E-state index contributed by atoms with van der Waals surface area (Å²) in [5.74, 6) is 0.102. The number of para-hydroxylation sites is 1. The molecule has 140 valence electrons. The minimum Gasteiger partial charge on any atom is -0.496 e. The highest BCUT2D eigenvalue weighted by molar-refractivity contribution is 6.04. The Hall–Kier alpha value is -3.93. The highest BCUT2D eigenvalue weighted by Crippen LogP contribution is 2.15. The summed E-state index contributed by atoms with van der Waals surface area (Å²) in [7, 11) is 1.57. The molecule has 0 heterocycles. The first kappa shape index (κ1) is 18.8. The second kappa shape index (κ2) is 9.14. The molecule has 0 saturated carbocycles. The molecule has 0 fully saturated rings. The number of amides is 2. The minimum atomic E-state index is -0.355. The summed E-state index contributed by atoms with van der Waals surface area (Å²) in [5, 5.41) is 6.75. The van der Waals surface area contributed by atoms with E-state index in [1.807, 2.05) is 30.3 Å². The van der Waals surface area contributed by atoms with Crippen LogP contribution in [0, 0.1) is 0 Å². The molecule has 3 rings (SSSR count). The Bertz CT molecular complexity index is 983. The lowest BCUT2D eigenvalue weighted by molar-refractivity contribution is 0.0954. The van der Waals surface area contributed by atoms with E-state index in [4.69, 9.17) is 4.74 Å². The maximum absolute atomic E-state index is 12.2. The number of nitrogens with one attached hydrogen (secondary N) is 2. The second-order valence-electron chi connectivity index (χ2n) is 5.84. The average molecular weight is 373 g/mol. The molecular weight excluding hydrogens is 354 g/mol. The van der Waals surface area contributed by atoms with Crippen LogP contribution in [0.1, 0.15) is 26.3 Å². The molecule has 0 aliphatic heterocycles. The Morgan fingerprint density at radius 2 is 1.46 bits per heavy atom. The quantitative estimate of drug-likeness (QED) is 0.511. The lowest BCUT2D eigenvalue weighted by Crippen LogP contribution is -2.18. The van der Waals surface area contributed by atoms with Crippen molar-refractivity contribution in [2.45, 2.75) is 0 Å². The van der Waals surface area contributed by atoms with E-state index in [2.05, 4.69) is 15.8 Å². The average Bonchev–Trinajstić information content (AvgIpc) is 2.75. The van der Waals surface area contributed by atoms with E-state index >= 15 is 0 Å². The number of anilines is 1. The molecule has 0 unspecified atom stereocenters. The lowest BCUT2D eigenvalue weighted by atomic mass is 10.1. The summed E-state index contributed by atoms with van der Waals surface area (Å²) >= 11 is 0. The van der Waals surface area contributed by atoms with Gasteiger partial charge in [-0.3, -0.25) is 9.59 Å². The van der Waals surface area contributed by atoms with Crippen molar-refractivity contribution < 1.29 is 14.3 Å². The molecule has 0 spiro atoms. The smallest absolute Gasteiger partial charge is 0.271 e. The molecule has 0 aliphatic carbocycles. The van der Waals surface area contributed by atoms with Crippen LogP contribution in [0.5, 0.6) is 5.75 Å². The molecule has 0 aromatic heterocycles. The van der Waals surface area contributed by atoms with Gasteiger partial charge in [0.1, 0.15) is 5.75 Å². The largest absolute Gasteiger partial charge is 0.496 e. The molecule has 2 N–H and O–H groups in total. The normalized spacial score (nSPS) is 10.5. The fourth-order valence-corrected chi connectivity index (χ4v) is 2.50. The van der Waals surface area contributed by atoms with Crippen molar-refractivity contribution in [3.05, 3.63) is 95.6 Å². The Balaban J connectivity index is 1.59. The zero-order valence-electron chi connectivity index (χ0n) is 15.3. The number of rotatable bonds is 6. The van der Waals surface area contributed by atoms with Crippen molar-refractivity contribution in [2.24, 2.45) is 5.10 Å². The van der Waals surface area contributed by atoms with E-state index in [-0.39, 0.29) is 11.8 Å². The highest BCUT2D eigenvalue weighted by Gasteiger charge is 2.07. The van der Waals surface area contributed by atoms with Crippen LogP contribution >= 0.6 is 0 Å². The molecule has 3 aromatic rings. The van der Waals surface area contributed by atoms with Gasteiger partial charge in [-0.2, -0.15) is 5.10 Å². The fourth-order valence-electron chi connectivity index (χ4n) is 2.50. The Morgan fingerprint density at radius 1 is 0.821 bits per heavy atom. The summed E-state index contributed by atoms with van der Waals surface area (Å²) < 4.78 is 5.23. The monoisotopic (exact) mass is 373 g/mol. The number of nitrogens with zero attached hydrogens (tertiary/aromatic N) is 1. The number of hydrogen-bond acceptors (Lipinski definition) is 4. The molecule has 2 amide bonds. The van der Waals surface area contributed by atoms with Gasteiger partial charge in [-0.25, -0.2) is 5.43 Å². The zero-order valence-corrected chi connectivity index (χ0v) is 15.3. The van der Waals surface area contributed by atoms with Crippen molar-refractivity contribution in [1.82, 2.24) is 5.43 Å². The first-order valence-corrected chi connectivity index (χ1v) is 8.60. The van der Waals surface area contributed by atoms with Gasteiger partial charge >= 0.3 is 0 Å². The van der Waals surface area contributed by atoms with Crippen molar-refractivity contribution in [3.63, 3.8) is 0 Å². The van der Waals surface area contributed by atoms with Crippen LogP contribution in [-0.4, -0.2) is 25.1 Å². The van der Waals surface area contributed by atoms with Crippen LogP contribution in [0.15, 0.2) is 84.0 Å². The maximum Gasteiger partial charge on any atom is 0.271 e. The molecular formula is C22H19N3O3. The third kappa shape index (κ3) is 4.82. The van der Waals surface area contributed by atoms with Gasteiger partial charge < -0.3 is 10.1 Å². The SMILES string of the molecule is COc1ccccc1C=NNC(=O)c1ccc(NC(=O)c2ccccc2)cc1.